The molecule has 0 amide bonds. The van der Waals surface area contributed by atoms with E-state index in [4.69, 9.17) is 4.74 Å². The highest BCUT2D eigenvalue weighted by molar-refractivity contribution is 5.86. The molecule has 0 saturated heterocycles. The first-order chi connectivity index (χ1) is 10.3. The van der Waals surface area contributed by atoms with Gasteiger partial charge in [0, 0.05) is 19.7 Å². The molecule has 2 nitrogen and oxygen atoms in total. The molecule has 2 aromatic carbocycles. The second kappa shape index (κ2) is 8.26. The van der Waals surface area contributed by atoms with Crippen LogP contribution in [0.15, 0.2) is 54.6 Å². The molecule has 1 N–H and O–H groups in total. The smallest absolute Gasteiger partial charge is 0.107 e. The van der Waals surface area contributed by atoms with Crippen LogP contribution in [0.1, 0.15) is 18.5 Å². The van der Waals surface area contributed by atoms with Gasteiger partial charge in [-0.15, -0.1) is 0 Å². The third kappa shape index (κ3) is 4.46. The van der Waals surface area contributed by atoms with Crippen LogP contribution in [0.25, 0.3) is 10.8 Å². The highest BCUT2D eigenvalue weighted by Gasteiger charge is 2.07. The maximum Gasteiger partial charge on any atom is 0.107 e. The van der Waals surface area contributed by atoms with E-state index in [1.54, 1.807) is 7.11 Å². The first-order valence-corrected chi connectivity index (χ1v) is 7.16. The van der Waals surface area contributed by atoms with Crippen molar-refractivity contribution < 1.29 is 4.74 Å². The molecular weight excluding hydrogens is 258 g/mol. The summed E-state index contributed by atoms with van der Waals surface area (Å²) in [6.07, 6.45) is 3.89. The van der Waals surface area contributed by atoms with Gasteiger partial charge in [0.05, 0.1) is 0 Å². The number of methoxy groups -OCH3 is 1. The van der Waals surface area contributed by atoms with Crippen molar-refractivity contribution in [3.8, 4) is 11.8 Å². The van der Waals surface area contributed by atoms with Gasteiger partial charge in [-0.3, -0.25) is 0 Å². The summed E-state index contributed by atoms with van der Waals surface area (Å²) in [7, 11) is 1.64. The van der Waals surface area contributed by atoms with Gasteiger partial charge < -0.3 is 10.1 Å². The molecule has 0 aliphatic rings. The largest absolute Gasteiger partial charge is 0.372 e. The molecule has 108 valence electrons. The highest BCUT2D eigenvalue weighted by Crippen LogP contribution is 2.23. The Balaban J connectivity index is 1.97. The summed E-state index contributed by atoms with van der Waals surface area (Å²) in [4.78, 5) is 0. The van der Waals surface area contributed by atoms with E-state index < -0.39 is 0 Å². The molecule has 0 aliphatic heterocycles. The molecular formula is C19H21NO. The third-order valence-corrected chi connectivity index (χ3v) is 3.35. The molecule has 0 spiro atoms. The number of nitrogens with one attached hydrogen (secondary N) is 1. The van der Waals surface area contributed by atoms with E-state index in [1.807, 2.05) is 12.2 Å². The zero-order chi connectivity index (χ0) is 14.9. The number of rotatable bonds is 5. The van der Waals surface area contributed by atoms with Crippen molar-refractivity contribution in [1.29, 1.82) is 0 Å². The summed E-state index contributed by atoms with van der Waals surface area (Å²) in [5.41, 5.74) is 1.33. The Morgan fingerprint density at radius 3 is 2.86 bits per heavy atom. The van der Waals surface area contributed by atoms with Crippen molar-refractivity contribution in [2.45, 2.75) is 13.0 Å². The second-order valence-electron chi connectivity index (χ2n) is 4.85. The van der Waals surface area contributed by atoms with Crippen LogP contribution in [-0.2, 0) is 4.74 Å². The van der Waals surface area contributed by atoms with Gasteiger partial charge >= 0.3 is 0 Å². The Kier molecular flexibility index (Phi) is 6.02. The Labute approximate surface area is 126 Å². The Morgan fingerprint density at radius 2 is 2.00 bits per heavy atom. The van der Waals surface area contributed by atoms with E-state index in [9.17, 15) is 0 Å². The average Bonchev–Trinajstić information content (AvgIpc) is 2.53. The van der Waals surface area contributed by atoms with Crippen LogP contribution in [0.4, 0.5) is 0 Å². The fourth-order valence-corrected chi connectivity index (χ4v) is 2.27. The summed E-state index contributed by atoms with van der Waals surface area (Å²) in [6, 6.07) is 15.2. The summed E-state index contributed by atoms with van der Waals surface area (Å²) in [5.74, 6) is 5.83. The molecule has 2 rings (SSSR count). The molecule has 0 aliphatic carbocycles. The third-order valence-electron chi connectivity index (χ3n) is 3.35. The number of hydrogen-bond acceptors (Lipinski definition) is 2. The lowest BCUT2D eigenvalue weighted by atomic mass is 10.00. The van der Waals surface area contributed by atoms with Crippen LogP contribution in [0, 0.1) is 11.8 Å². The molecule has 0 bridgehead atoms. The first kappa shape index (κ1) is 15.3. The second-order valence-corrected chi connectivity index (χ2v) is 4.85. The summed E-state index contributed by atoms with van der Waals surface area (Å²) in [5, 5.41) is 6.09. The Bertz CT molecular complexity index is 659. The van der Waals surface area contributed by atoms with Crippen molar-refractivity contribution >= 4 is 10.8 Å². The van der Waals surface area contributed by atoms with Crippen LogP contribution in [0.5, 0.6) is 0 Å². The van der Waals surface area contributed by atoms with E-state index >= 15 is 0 Å². The van der Waals surface area contributed by atoms with Gasteiger partial charge in [0.25, 0.3) is 0 Å². The molecule has 0 radical (unpaired) electrons. The van der Waals surface area contributed by atoms with E-state index in [-0.39, 0.29) is 0 Å². The molecule has 0 unspecified atom stereocenters. The van der Waals surface area contributed by atoms with Crippen molar-refractivity contribution in [3.63, 3.8) is 0 Å². The van der Waals surface area contributed by atoms with Gasteiger partial charge in [-0.05, 0) is 29.3 Å². The van der Waals surface area contributed by atoms with Crippen LogP contribution >= 0.6 is 0 Å². The normalized spacial score (nSPS) is 12.3. The average molecular weight is 279 g/mol. The van der Waals surface area contributed by atoms with Crippen LogP contribution in [0.2, 0.25) is 0 Å². The Morgan fingerprint density at radius 1 is 1.19 bits per heavy atom. The topological polar surface area (TPSA) is 21.3 Å². The first-order valence-electron chi connectivity index (χ1n) is 7.16. The summed E-state index contributed by atoms with van der Waals surface area (Å²) < 4.78 is 4.86. The fourth-order valence-electron chi connectivity index (χ4n) is 2.27. The molecule has 0 heterocycles. The Hall–Kier alpha value is -2.08. The minimum absolute atomic E-state index is 0.299. The van der Waals surface area contributed by atoms with Crippen molar-refractivity contribution in [3.05, 3.63) is 60.2 Å². The van der Waals surface area contributed by atoms with Crippen LogP contribution in [-0.4, -0.2) is 20.3 Å². The molecule has 0 saturated carbocycles. The lowest BCUT2D eigenvalue weighted by molar-refractivity contribution is 0.240. The zero-order valence-corrected chi connectivity index (χ0v) is 12.6. The maximum atomic E-state index is 4.86. The fraction of sp³-hybridized carbons (Fsp3) is 0.263. The molecule has 0 aromatic heterocycles. The quantitative estimate of drug-likeness (QED) is 0.843. The number of allylic oxidation sites excluding steroid dienone is 1. The van der Waals surface area contributed by atoms with Crippen molar-refractivity contribution in [1.82, 2.24) is 5.32 Å². The molecule has 2 heteroatoms. The van der Waals surface area contributed by atoms with Gasteiger partial charge in [0.15, 0.2) is 0 Å². The van der Waals surface area contributed by atoms with Gasteiger partial charge in [-0.1, -0.05) is 60.4 Å². The lowest BCUT2D eigenvalue weighted by Gasteiger charge is -2.15. The van der Waals surface area contributed by atoms with Crippen molar-refractivity contribution in [2.24, 2.45) is 0 Å². The number of ether oxygens (including phenoxy) is 1. The van der Waals surface area contributed by atoms with E-state index in [2.05, 4.69) is 66.5 Å². The zero-order valence-electron chi connectivity index (χ0n) is 12.6. The molecule has 1 atom stereocenters. The lowest BCUT2D eigenvalue weighted by Crippen LogP contribution is -2.18. The van der Waals surface area contributed by atoms with Crippen LogP contribution < -0.4 is 5.32 Å². The summed E-state index contributed by atoms with van der Waals surface area (Å²) in [6.45, 7) is 3.46. The van der Waals surface area contributed by atoms with Crippen LogP contribution in [0.3, 0.4) is 0 Å². The number of fused-ring (bicyclic) bond motifs is 1. The number of hydrogen-bond donors (Lipinski definition) is 1. The maximum absolute atomic E-state index is 4.86. The van der Waals surface area contributed by atoms with Gasteiger partial charge in [-0.25, -0.2) is 0 Å². The molecule has 2 aromatic rings. The molecule has 21 heavy (non-hydrogen) atoms. The highest BCUT2D eigenvalue weighted by atomic mass is 16.5. The van der Waals surface area contributed by atoms with E-state index in [0.717, 1.165) is 6.54 Å². The van der Waals surface area contributed by atoms with Gasteiger partial charge in [0.2, 0.25) is 0 Å². The van der Waals surface area contributed by atoms with Crippen molar-refractivity contribution in [2.75, 3.05) is 20.3 Å². The van der Waals surface area contributed by atoms with Gasteiger partial charge in [0.1, 0.15) is 6.61 Å². The predicted molar refractivity (Wildman–Crippen MR) is 89.2 cm³/mol. The minimum atomic E-state index is 0.299. The minimum Gasteiger partial charge on any atom is -0.372 e. The van der Waals surface area contributed by atoms with Gasteiger partial charge in [-0.2, -0.15) is 0 Å². The number of benzene rings is 2. The van der Waals surface area contributed by atoms with E-state index in [1.165, 1.54) is 16.3 Å². The predicted octanol–water partition coefficient (Wildman–Crippen LogP) is 3.70. The molecule has 0 fully saturated rings. The summed E-state index contributed by atoms with van der Waals surface area (Å²) >= 11 is 0. The standard InChI is InChI=1S/C19H21NO/c1-16(20-14-7-3-4-8-15-21-2)18-13-9-11-17-10-5-6-12-19(17)18/h3,5-7,9-13,16,20H,14-15H2,1-2H3/b7-3+/t16-/m1/s1. The monoisotopic (exact) mass is 279 g/mol. The van der Waals surface area contributed by atoms with E-state index in [0.29, 0.717) is 12.6 Å². The SMILES string of the molecule is COCC#C/C=C/CN[C@H](C)c1cccc2ccccc12.